The summed E-state index contributed by atoms with van der Waals surface area (Å²) >= 11 is 0. The second kappa shape index (κ2) is 7.75. The van der Waals surface area contributed by atoms with Gasteiger partial charge in [-0.25, -0.2) is 8.42 Å². The third kappa shape index (κ3) is 4.32. The Morgan fingerprint density at radius 3 is 2.44 bits per heavy atom. The number of non-ortho nitro benzene ring substituents is 1. The largest absolute Gasteiger partial charge is 0.465 e. The number of sulfonamides is 1. The van der Waals surface area contributed by atoms with Gasteiger partial charge in [0.15, 0.2) is 0 Å². The van der Waals surface area contributed by atoms with Gasteiger partial charge in [0.1, 0.15) is 6.54 Å². The molecule has 0 amide bonds. The van der Waals surface area contributed by atoms with Crippen LogP contribution in [0.25, 0.3) is 0 Å². The van der Waals surface area contributed by atoms with Crippen molar-refractivity contribution >= 4 is 27.4 Å². The molecule has 0 aliphatic carbocycles. The number of hydrogen-bond donors (Lipinski definition) is 0. The molecule has 8 nitrogen and oxygen atoms in total. The standard InChI is InChI=1S/C16H16N2O6S/c1-2-24-16(19)12-17(13-7-6-8-14(11-13)18(20)21)25(22,23)15-9-4-3-5-10-15/h3-11H,2,12H2,1H3. The fourth-order valence-corrected chi connectivity index (χ4v) is 3.54. The Hall–Kier alpha value is -2.94. The number of nitro groups is 1. The molecular weight excluding hydrogens is 348 g/mol. The van der Waals surface area contributed by atoms with Crippen molar-refractivity contribution in [3.8, 4) is 0 Å². The zero-order chi connectivity index (χ0) is 18.4. The number of hydrogen-bond acceptors (Lipinski definition) is 6. The van der Waals surface area contributed by atoms with Gasteiger partial charge in [-0.1, -0.05) is 24.3 Å². The first-order valence-corrected chi connectivity index (χ1v) is 8.78. The van der Waals surface area contributed by atoms with Gasteiger partial charge < -0.3 is 4.74 Å². The number of ether oxygens (including phenoxy) is 1. The second-order valence-electron chi connectivity index (χ2n) is 4.91. The Morgan fingerprint density at radius 1 is 1.16 bits per heavy atom. The molecular formula is C16H16N2O6S. The minimum Gasteiger partial charge on any atom is -0.465 e. The highest BCUT2D eigenvalue weighted by Crippen LogP contribution is 2.26. The molecule has 25 heavy (non-hydrogen) atoms. The van der Waals surface area contributed by atoms with Gasteiger partial charge in [0.25, 0.3) is 15.7 Å². The molecule has 0 aliphatic rings. The minimum absolute atomic E-state index is 0.00565. The summed E-state index contributed by atoms with van der Waals surface area (Å²) in [6, 6.07) is 12.6. The average molecular weight is 364 g/mol. The number of nitro benzene ring substituents is 1. The average Bonchev–Trinajstić information content (AvgIpc) is 2.60. The van der Waals surface area contributed by atoms with Gasteiger partial charge in [-0.2, -0.15) is 0 Å². The molecule has 0 saturated heterocycles. The Bertz CT molecular complexity index is 867. The first-order valence-electron chi connectivity index (χ1n) is 7.34. The van der Waals surface area contributed by atoms with Crippen LogP contribution in [-0.2, 0) is 19.6 Å². The highest BCUT2D eigenvalue weighted by molar-refractivity contribution is 7.92. The number of rotatable bonds is 7. The van der Waals surface area contributed by atoms with E-state index in [1.807, 2.05) is 0 Å². The molecule has 0 atom stereocenters. The van der Waals surface area contributed by atoms with E-state index in [0.29, 0.717) is 0 Å². The quantitative estimate of drug-likeness (QED) is 0.424. The van der Waals surface area contributed by atoms with Gasteiger partial charge in [-0.3, -0.25) is 19.2 Å². The first-order chi connectivity index (χ1) is 11.9. The third-order valence-electron chi connectivity index (χ3n) is 3.24. The summed E-state index contributed by atoms with van der Waals surface area (Å²) in [6.45, 7) is 1.10. The molecule has 0 saturated carbocycles. The normalized spacial score (nSPS) is 10.9. The number of carbonyl (C=O) groups is 1. The van der Waals surface area contributed by atoms with E-state index in [1.165, 1.54) is 30.3 Å². The summed E-state index contributed by atoms with van der Waals surface area (Å²) in [7, 11) is -4.10. The van der Waals surface area contributed by atoms with Crippen LogP contribution in [0.4, 0.5) is 11.4 Å². The van der Waals surface area contributed by atoms with Crippen LogP contribution < -0.4 is 4.31 Å². The van der Waals surface area contributed by atoms with E-state index in [2.05, 4.69) is 0 Å². The Morgan fingerprint density at radius 2 is 1.84 bits per heavy atom. The van der Waals surface area contributed by atoms with Gasteiger partial charge in [0.05, 0.1) is 22.1 Å². The van der Waals surface area contributed by atoms with Crippen molar-refractivity contribution < 1.29 is 22.9 Å². The molecule has 2 aromatic carbocycles. The van der Waals surface area contributed by atoms with E-state index in [9.17, 15) is 23.3 Å². The molecule has 2 rings (SSSR count). The Labute approximate surface area is 144 Å². The molecule has 0 unspecified atom stereocenters. The summed E-state index contributed by atoms with van der Waals surface area (Å²) in [5, 5.41) is 11.0. The van der Waals surface area contributed by atoms with E-state index < -0.39 is 27.5 Å². The minimum atomic E-state index is -4.10. The van der Waals surface area contributed by atoms with Gasteiger partial charge in [-0.05, 0) is 25.1 Å². The molecule has 0 bridgehead atoms. The van der Waals surface area contributed by atoms with E-state index in [1.54, 1.807) is 25.1 Å². The van der Waals surface area contributed by atoms with E-state index in [0.717, 1.165) is 10.4 Å². The van der Waals surface area contributed by atoms with Crippen LogP contribution in [0.1, 0.15) is 6.92 Å². The smallest absolute Gasteiger partial charge is 0.326 e. The lowest BCUT2D eigenvalue weighted by atomic mass is 10.3. The number of benzene rings is 2. The molecule has 0 aromatic heterocycles. The van der Waals surface area contributed by atoms with Crippen LogP contribution in [0.5, 0.6) is 0 Å². The van der Waals surface area contributed by atoms with E-state index >= 15 is 0 Å². The molecule has 0 radical (unpaired) electrons. The summed E-state index contributed by atoms with van der Waals surface area (Å²) in [5.74, 6) is -0.756. The zero-order valence-corrected chi connectivity index (χ0v) is 14.2. The number of anilines is 1. The highest BCUT2D eigenvalue weighted by atomic mass is 32.2. The van der Waals surface area contributed by atoms with Crippen LogP contribution in [0, 0.1) is 10.1 Å². The maximum atomic E-state index is 12.9. The highest BCUT2D eigenvalue weighted by Gasteiger charge is 2.28. The van der Waals surface area contributed by atoms with Crippen LogP contribution in [0.3, 0.4) is 0 Å². The van der Waals surface area contributed by atoms with Crippen molar-refractivity contribution in [2.75, 3.05) is 17.5 Å². The molecule has 0 aliphatic heterocycles. The van der Waals surface area contributed by atoms with Gasteiger partial charge >= 0.3 is 5.97 Å². The molecule has 9 heteroatoms. The maximum absolute atomic E-state index is 12.9. The van der Waals surface area contributed by atoms with Crippen molar-refractivity contribution in [3.05, 3.63) is 64.7 Å². The lowest BCUT2D eigenvalue weighted by Crippen LogP contribution is -2.36. The molecule has 2 aromatic rings. The second-order valence-corrected chi connectivity index (χ2v) is 6.77. The number of esters is 1. The Balaban J connectivity index is 2.52. The Kier molecular flexibility index (Phi) is 5.71. The van der Waals surface area contributed by atoms with Crippen LogP contribution in [0.15, 0.2) is 59.5 Å². The van der Waals surface area contributed by atoms with Crippen molar-refractivity contribution in [1.29, 1.82) is 0 Å². The predicted octanol–water partition coefficient (Wildman–Crippen LogP) is 2.35. The van der Waals surface area contributed by atoms with Gasteiger partial charge in [0.2, 0.25) is 0 Å². The predicted molar refractivity (Wildman–Crippen MR) is 90.7 cm³/mol. The van der Waals surface area contributed by atoms with Crippen molar-refractivity contribution in [2.24, 2.45) is 0 Å². The monoisotopic (exact) mass is 364 g/mol. The maximum Gasteiger partial charge on any atom is 0.326 e. The third-order valence-corrected chi connectivity index (χ3v) is 5.03. The fourth-order valence-electron chi connectivity index (χ4n) is 2.12. The van der Waals surface area contributed by atoms with E-state index in [-0.39, 0.29) is 22.9 Å². The SMILES string of the molecule is CCOC(=O)CN(c1cccc([N+](=O)[O-])c1)S(=O)(=O)c1ccccc1. The topological polar surface area (TPSA) is 107 Å². The lowest BCUT2D eigenvalue weighted by Gasteiger charge is -2.23. The number of nitrogens with zero attached hydrogens (tertiary/aromatic N) is 2. The van der Waals surface area contributed by atoms with Crippen LogP contribution in [0.2, 0.25) is 0 Å². The molecule has 0 N–H and O–H groups in total. The molecule has 0 fully saturated rings. The summed E-state index contributed by atoms with van der Waals surface area (Å²) < 4.78 is 31.4. The summed E-state index contributed by atoms with van der Waals surface area (Å²) in [6.07, 6.45) is 0. The van der Waals surface area contributed by atoms with Crippen LogP contribution in [-0.4, -0.2) is 32.5 Å². The van der Waals surface area contributed by atoms with Crippen molar-refractivity contribution in [2.45, 2.75) is 11.8 Å². The van der Waals surface area contributed by atoms with Gasteiger partial charge in [-0.15, -0.1) is 0 Å². The molecule has 0 heterocycles. The van der Waals surface area contributed by atoms with Crippen molar-refractivity contribution in [1.82, 2.24) is 0 Å². The molecule has 132 valence electrons. The van der Waals surface area contributed by atoms with Crippen molar-refractivity contribution in [3.63, 3.8) is 0 Å². The number of carbonyl (C=O) groups excluding carboxylic acids is 1. The zero-order valence-electron chi connectivity index (χ0n) is 13.4. The summed E-state index contributed by atoms with van der Waals surface area (Å²) in [5.41, 5.74) is -0.277. The van der Waals surface area contributed by atoms with Gasteiger partial charge in [0, 0.05) is 12.1 Å². The van der Waals surface area contributed by atoms with Crippen LogP contribution >= 0.6 is 0 Å². The fraction of sp³-hybridized carbons (Fsp3) is 0.188. The lowest BCUT2D eigenvalue weighted by molar-refractivity contribution is -0.384. The van der Waals surface area contributed by atoms with E-state index in [4.69, 9.17) is 4.74 Å². The molecule has 0 spiro atoms. The first kappa shape index (κ1) is 18.4. The summed E-state index contributed by atoms with van der Waals surface area (Å²) in [4.78, 5) is 22.2.